The predicted octanol–water partition coefficient (Wildman–Crippen LogP) is 1.84. The summed E-state index contributed by atoms with van der Waals surface area (Å²) in [5.74, 6) is 0. The zero-order valence-electron chi connectivity index (χ0n) is 7.69. The minimum Gasteiger partial charge on any atom is -0.208 e. The molecule has 0 atom stereocenters. The molecule has 1 saturated carbocycles. The van der Waals surface area contributed by atoms with Gasteiger partial charge in [0.1, 0.15) is 12.7 Å². The van der Waals surface area contributed by atoms with Crippen LogP contribution in [0.15, 0.2) is 17.8 Å². The molecule has 1 aliphatic carbocycles. The average Bonchev–Trinajstić information content (AvgIpc) is 2.49. The van der Waals surface area contributed by atoms with Gasteiger partial charge in [0, 0.05) is 5.71 Å². The second-order valence-corrected chi connectivity index (χ2v) is 3.42. The Morgan fingerprint density at radius 3 is 2.23 bits per heavy atom. The SMILES string of the molecule is c1nncn1N=C1CCCCCC1. The number of nitrogens with zero attached hydrogens (tertiary/aromatic N) is 4. The van der Waals surface area contributed by atoms with Crippen molar-refractivity contribution in [2.24, 2.45) is 5.10 Å². The number of rotatable bonds is 1. The summed E-state index contributed by atoms with van der Waals surface area (Å²) in [6.45, 7) is 0. The van der Waals surface area contributed by atoms with Crippen LogP contribution in [0.5, 0.6) is 0 Å². The second-order valence-electron chi connectivity index (χ2n) is 3.42. The molecule has 0 radical (unpaired) electrons. The molecule has 1 fully saturated rings. The van der Waals surface area contributed by atoms with Gasteiger partial charge in [-0.25, -0.2) is 4.68 Å². The van der Waals surface area contributed by atoms with Gasteiger partial charge in [-0.3, -0.25) is 0 Å². The van der Waals surface area contributed by atoms with E-state index in [4.69, 9.17) is 0 Å². The maximum absolute atomic E-state index is 4.45. The largest absolute Gasteiger partial charge is 0.208 e. The van der Waals surface area contributed by atoms with E-state index in [0.717, 1.165) is 12.8 Å². The van der Waals surface area contributed by atoms with Gasteiger partial charge in [-0.1, -0.05) is 12.8 Å². The van der Waals surface area contributed by atoms with Gasteiger partial charge in [-0.15, -0.1) is 10.2 Å². The van der Waals surface area contributed by atoms with E-state index in [1.807, 2.05) is 0 Å². The Morgan fingerprint density at radius 1 is 1.00 bits per heavy atom. The first-order chi connectivity index (χ1) is 6.45. The monoisotopic (exact) mass is 178 g/mol. The lowest BCUT2D eigenvalue weighted by Crippen LogP contribution is -1.99. The van der Waals surface area contributed by atoms with Gasteiger partial charge < -0.3 is 0 Å². The molecule has 1 aromatic rings. The van der Waals surface area contributed by atoms with Crippen LogP contribution >= 0.6 is 0 Å². The van der Waals surface area contributed by atoms with Gasteiger partial charge in [0.05, 0.1) is 0 Å². The predicted molar refractivity (Wildman–Crippen MR) is 50.6 cm³/mol. The Balaban J connectivity index is 2.05. The van der Waals surface area contributed by atoms with Crippen LogP contribution in [0.3, 0.4) is 0 Å². The fourth-order valence-electron chi connectivity index (χ4n) is 1.65. The summed E-state index contributed by atoms with van der Waals surface area (Å²) in [7, 11) is 0. The summed E-state index contributed by atoms with van der Waals surface area (Å²) in [5, 5.41) is 11.9. The number of aromatic nitrogens is 3. The van der Waals surface area contributed by atoms with E-state index >= 15 is 0 Å². The van der Waals surface area contributed by atoms with Crippen molar-refractivity contribution >= 4 is 5.71 Å². The first kappa shape index (κ1) is 8.41. The Morgan fingerprint density at radius 2 is 1.62 bits per heavy atom. The van der Waals surface area contributed by atoms with E-state index in [0.29, 0.717) is 0 Å². The molecule has 4 nitrogen and oxygen atoms in total. The zero-order chi connectivity index (χ0) is 8.93. The lowest BCUT2D eigenvalue weighted by Gasteiger charge is -1.99. The van der Waals surface area contributed by atoms with Crippen molar-refractivity contribution in [3.8, 4) is 0 Å². The van der Waals surface area contributed by atoms with E-state index < -0.39 is 0 Å². The van der Waals surface area contributed by atoms with Crippen molar-refractivity contribution in [2.75, 3.05) is 0 Å². The first-order valence-corrected chi connectivity index (χ1v) is 4.86. The van der Waals surface area contributed by atoms with Crippen LogP contribution in [0.2, 0.25) is 0 Å². The van der Waals surface area contributed by atoms with Crippen LogP contribution in [-0.2, 0) is 0 Å². The summed E-state index contributed by atoms with van der Waals surface area (Å²) < 4.78 is 1.70. The molecule has 0 spiro atoms. The van der Waals surface area contributed by atoms with E-state index in [-0.39, 0.29) is 0 Å². The Labute approximate surface area is 77.7 Å². The molecule has 13 heavy (non-hydrogen) atoms. The van der Waals surface area contributed by atoms with Crippen LogP contribution in [-0.4, -0.2) is 20.6 Å². The summed E-state index contributed by atoms with van der Waals surface area (Å²) in [4.78, 5) is 0. The van der Waals surface area contributed by atoms with Crippen LogP contribution < -0.4 is 0 Å². The summed E-state index contributed by atoms with van der Waals surface area (Å²) in [5.41, 5.74) is 1.29. The molecule has 70 valence electrons. The van der Waals surface area contributed by atoms with Crippen molar-refractivity contribution in [3.63, 3.8) is 0 Å². The molecule has 4 heteroatoms. The molecule has 0 N–H and O–H groups in total. The highest BCUT2D eigenvalue weighted by atomic mass is 15.4. The summed E-state index contributed by atoms with van der Waals surface area (Å²) >= 11 is 0. The highest BCUT2D eigenvalue weighted by Crippen LogP contribution is 2.14. The van der Waals surface area contributed by atoms with Gasteiger partial charge in [0.2, 0.25) is 0 Å². The number of hydrogen-bond donors (Lipinski definition) is 0. The van der Waals surface area contributed by atoms with E-state index in [1.54, 1.807) is 17.3 Å². The molecule has 1 heterocycles. The minimum absolute atomic E-state index is 1.14. The van der Waals surface area contributed by atoms with Crippen LogP contribution in [0.25, 0.3) is 0 Å². The molecule has 2 rings (SSSR count). The van der Waals surface area contributed by atoms with Gasteiger partial charge in [-0.2, -0.15) is 5.10 Å². The Kier molecular flexibility index (Phi) is 2.69. The third-order valence-electron chi connectivity index (χ3n) is 2.34. The molecule has 1 aromatic heterocycles. The highest BCUT2D eigenvalue weighted by molar-refractivity contribution is 5.84. The van der Waals surface area contributed by atoms with Gasteiger partial charge in [0.15, 0.2) is 0 Å². The van der Waals surface area contributed by atoms with Gasteiger partial charge in [-0.05, 0) is 25.7 Å². The molecule has 1 aliphatic rings. The molecular formula is C9H14N4. The van der Waals surface area contributed by atoms with Crippen LogP contribution in [0.1, 0.15) is 38.5 Å². The minimum atomic E-state index is 1.14. The Hall–Kier alpha value is -1.19. The summed E-state index contributed by atoms with van der Waals surface area (Å²) in [6, 6.07) is 0. The van der Waals surface area contributed by atoms with E-state index in [9.17, 15) is 0 Å². The lowest BCUT2D eigenvalue weighted by atomic mass is 10.2. The van der Waals surface area contributed by atoms with Crippen LogP contribution in [0.4, 0.5) is 0 Å². The van der Waals surface area contributed by atoms with Crippen molar-refractivity contribution in [3.05, 3.63) is 12.7 Å². The van der Waals surface area contributed by atoms with Crippen LogP contribution in [0, 0.1) is 0 Å². The third-order valence-corrected chi connectivity index (χ3v) is 2.34. The van der Waals surface area contributed by atoms with E-state index in [2.05, 4.69) is 15.3 Å². The van der Waals surface area contributed by atoms with Gasteiger partial charge in [0.25, 0.3) is 0 Å². The normalized spacial score (nSPS) is 18.3. The fourth-order valence-corrected chi connectivity index (χ4v) is 1.65. The van der Waals surface area contributed by atoms with Gasteiger partial charge >= 0.3 is 0 Å². The fraction of sp³-hybridized carbons (Fsp3) is 0.667. The van der Waals surface area contributed by atoms with Crippen molar-refractivity contribution in [1.82, 2.24) is 14.9 Å². The highest BCUT2D eigenvalue weighted by Gasteiger charge is 2.05. The van der Waals surface area contributed by atoms with Crippen molar-refractivity contribution in [1.29, 1.82) is 0 Å². The molecule has 0 aromatic carbocycles. The third kappa shape index (κ3) is 2.37. The zero-order valence-corrected chi connectivity index (χ0v) is 7.69. The number of hydrogen-bond acceptors (Lipinski definition) is 3. The van der Waals surface area contributed by atoms with Crippen molar-refractivity contribution < 1.29 is 0 Å². The first-order valence-electron chi connectivity index (χ1n) is 4.86. The average molecular weight is 178 g/mol. The quantitative estimate of drug-likeness (QED) is 0.616. The maximum Gasteiger partial charge on any atom is 0.141 e. The standard InChI is InChI=1S/C9H14N4/c1-2-4-6-9(5-3-1)12-13-7-10-11-8-13/h7-8H,1-6H2. The molecule has 0 aliphatic heterocycles. The Bertz CT molecular complexity index is 266. The smallest absolute Gasteiger partial charge is 0.141 e. The molecule has 0 unspecified atom stereocenters. The molecule has 0 amide bonds. The lowest BCUT2D eigenvalue weighted by molar-refractivity contribution is 0.702. The molecule has 0 bridgehead atoms. The maximum atomic E-state index is 4.45. The molecular weight excluding hydrogens is 164 g/mol. The molecule has 0 saturated heterocycles. The second kappa shape index (κ2) is 4.16. The van der Waals surface area contributed by atoms with Crippen molar-refractivity contribution in [2.45, 2.75) is 38.5 Å². The van der Waals surface area contributed by atoms with E-state index in [1.165, 1.54) is 31.4 Å². The summed E-state index contributed by atoms with van der Waals surface area (Å²) in [6.07, 6.45) is 10.8. The topological polar surface area (TPSA) is 43.1 Å².